The second-order valence-electron chi connectivity index (χ2n) is 5.93. The SMILES string of the molecule is COc1ccc(C(=O)N2CCC(NC(=O)[C@@H](C)N)CC2)cc1OC.Cl. The summed E-state index contributed by atoms with van der Waals surface area (Å²) >= 11 is 0. The molecule has 25 heavy (non-hydrogen) atoms. The fraction of sp³-hybridized carbons (Fsp3) is 0.529. The molecular weight excluding hydrogens is 346 g/mol. The molecule has 0 aromatic heterocycles. The zero-order valence-corrected chi connectivity index (χ0v) is 15.6. The number of halogens is 1. The summed E-state index contributed by atoms with van der Waals surface area (Å²) in [4.78, 5) is 26.1. The van der Waals surface area contributed by atoms with Gasteiger partial charge < -0.3 is 25.4 Å². The zero-order valence-electron chi connectivity index (χ0n) is 14.8. The van der Waals surface area contributed by atoms with Crippen molar-refractivity contribution in [3.05, 3.63) is 23.8 Å². The van der Waals surface area contributed by atoms with Gasteiger partial charge in [0, 0.05) is 24.7 Å². The number of piperidine rings is 1. The summed E-state index contributed by atoms with van der Waals surface area (Å²) in [5.41, 5.74) is 6.12. The van der Waals surface area contributed by atoms with Crippen LogP contribution in [0.4, 0.5) is 0 Å². The molecule has 1 aromatic rings. The molecule has 1 fully saturated rings. The predicted octanol–water partition coefficient (Wildman–Crippen LogP) is 1.19. The summed E-state index contributed by atoms with van der Waals surface area (Å²) in [5, 5.41) is 2.91. The maximum atomic E-state index is 12.6. The Bertz CT molecular complexity index is 602. The number of carbonyl (C=O) groups is 2. The van der Waals surface area contributed by atoms with Gasteiger partial charge in [0.25, 0.3) is 5.91 Å². The third-order valence-corrected chi connectivity index (χ3v) is 4.17. The van der Waals surface area contributed by atoms with Crippen LogP contribution < -0.4 is 20.5 Å². The number of hydrogen-bond donors (Lipinski definition) is 2. The van der Waals surface area contributed by atoms with Crippen molar-refractivity contribution < 1.29 is 19.1 Å². The van der Waals surface area contributed by atoms with E-state index in [9.17, 15) is 9.59 Å². The summed E-state index contributed by atoms with van der Waals surface area (Å²) < 4.78 is 10.4. The molecule has 7 nitrogen and oxygen atoms in total. The predicted molar refractivity (Wildman–Crippen MR) is 97.5 cm³/mol. The number of methoxy groups -OCH3 is 2. The summed E-state index contributed by atoms with van der Waals surface area (Å²) in [6.45, 7) is 2.85. The van der Waals surface area contributed by atoms with E-state index in [2.05, 4.69) is 5.32 Å². The molecule has 1 heterocycles. The van der Waals surface area contributed by atoms with Crippen LogP contribution in [0.5, 0.6) is 11.5 Å². The number of nitrogens with zero attached hydrogens (tertiary/aromatic N) is 1. The summed E-state index contributed by atoms with van der Waals surface area (Å²) in [5.74, 6) is 0.918. The molecule has 0 saturated carbocycles. The molecule has 0 aliphatic carbocycles. The van der Waals surface area contributed by atoms with Crippen LogP contribution in [0.25, 0.3) is 0 Å². The van der Waals surface area contributed by atoms with E-state index in [0.29, 0.717) is 30.2 Å². The topological polar surface area (TPSA) is 93.9 Å². The number of nitrogens with two attached hydrogens (primary N) is 1. The molecule has 3 N–H and O–H groups in total. The van der Waals surface area contributed by atoms with Crippen LogP contribution in [0.1, 0.15) is 30.1 Å². The first-order valence-corrected chi connectivity index (χ1v) is 8.03. The molecule has 0 spiro atoms. The third kappa shape index (κ3) is 5.24. The molecule has 1 atom stereocenters. The van der Waals surface area contributed by atoms with Crippen molar-refractivity contribution in [1.82, 2.24) is 10.2 Å². The van der Waals surface area contributed by atoms with Gasteiger partial charge in [0.2, 0.25) is 5.91 Å². The highest BCUT2D eigenvalue weighted by molar-refractivity contribution is 5.95. The fourth-order valence-electron chi connectivity index (χ4n) is 2.71. The Labute approximate surface area is 154 Å². The number of carbonyl (C=O) groups excluding carboxylic acids is 2. The Balaban J connectivity index is 0.00000312. The number of amides is 2. The largest absolute Gasteiger partial charge is 0.493 e. The zero-order chi connectivity index (χ0) is 17.7. The number of ether oxygens (including phenoxy) is 2. The highest BCUT2D eigenvalue weighted by atomic mass is 35.5. The molecule has 0 unspecified atom stereocenters. The fourth-order valence-corrected chi connectivity index (χ4v) is 2.71. The quantitative estimate of drug-likeness (QED) is 0.811. The van der Waals surface area contributed by atoms with Gasteiger partial charge in [-0.05, 0) is 38.0 Å². The van der Waals surface area contributed by atoms with Crippen LogP contribution in [-0.4, -0.2) is 56.1 Å². The van der Waals surface area contributed by atoms with Gasteiger partial charge in [0.15, 0.2) is 11.5 Å². The van der Waals surface area contributed by atoms with Gasteiger partial charge in [-0.3, -0.25) is 9.59 Å². The van der Waals surface area contributed by atoms with E-state index in [0.717, 1.165) is 12.8 Å². The van der Waals surface area contributed by atoms with Gasteiger partial charge >= 0.3 is 0 Å². The Hall–Kier alpha value is -1.99. The Morgan fingerprint density at radius 1 is 1.20 bits per heavy atom. The molecule has 2 amide bonds. The van der Waals surface area contributed by atoms with Crippen LogP contribution in [0.15, 0.2) is 18.2 Å². The van der Waals surface area contributed by atoms with Gasteiger partial charge in [0.05, 0.1) is 20.3 Å². The smallest absolute Gasteiger partial charge is 0.253 e. The Morgan fingerprint density at radius 3 is 2.32 bits per heavy atom. The number of nitrogens with one attached hydrogen (secondary N) is 1. The highest BCUT2D eigenvalue weighted by Gasteiger charge is 2.25. The van der Waals surface area contributed by atoms with E-state index < -0.39 is 6.04 Å². The minimum atomic E-state index is -0.517. The Morgan fingerprint density at radius 2 is 1.80 bits per heavy atom. The van der Waals surface area contributed by atoms with Crippen LogP contribution in [-0.2, 0) is 4.79 Å². The van der Waals surface area contributed by atoms with Crippen LogP contribution >= 0.6 is 12.4 Å². The van der Waals surface area contributed by atoms with E-state index in [1.165, 1.54) is 0 Å². The summed E-state index contributed by atoms with van der Waals surface area (Å²) in [6.07, 6.45) is 1.44. The Kier molecular flexibility index (Phi) is 7.99. The van der Waals surface area contributed by atoms with E-state index in [-0.39, 0.29) is 30.3 Å². The van der Waals surface area contributed by atoms with Crippen LogP contribution in [0.3, 0.4) is 0 Å². The van der Waals surface area contributed by atoms with Gasteiger partial charge in [-0.25, -0.2) is 0 Å². The van der Waals surface area contributed by atoms with E-state index >= 15 is 0 Å². The first-order chi connectivity index (χ1) is 11.5. The van der Waals surface area contributed by atoms with Crippen LogP contribution in [0, 0.1) is 0 Å². The lowest BCUT2D eigenvalue weighted by Crippen LogP contribution is -2.49. The average Bonchev–Trinajstić information content (AvgIpc) is 2.61. The molecule has 1 aliphatic rings. The molecule has 1 aromatic carbocycles. The lowest BCUT2D eigenvalue weighted by molar-refractivity contribution is -0.122. The molecule has 0 radical (unpaired) electrons. The van der Waals surface area contributed by atoms with Gasteiger partial charge in [0.1, 0.15) is 0 Å². The monoisotopic (exact) mass is 371 g/mol. The minimum absolute atomic E-state index is 0. The highest BCUT2D eigenvalue weighted by Crippen LogP contribution is 2.28. The standard InChI is InChI=1S/C17H25N3O4.ClH/c1-11(18)16(21)19-13-6-8-20(9-7-13)17(22)12-4-5-14(23-2)15(10-12)24-3;/h4-5,10-11,13H,6-9,18H2,1-3H3,(H,19,21);1H/t11-;/m1./s1. The number of rotatable bonds is 5. The number of likely N-dealkylation sites (tertiary alicyclic amines) is 1. The summed E-state index contributed by atoms with van der Waals surface area (Å²) in [6, 6.07) is 4.69. The average molecular weight is 372 g/mol. The molecule has 1 saturated heterocycles. The number of hydrogen-bond acceptors (Lipinski definition) is 5. The van der Waals surface area contributed by atoms with Crippen molar-refractivity contribution in [1.29, 1.82) is 0 Å². The molecule has 0 bridgehead atoms. The minimum Gasteiger partial charge on any atom is -0.493 e. The van der Waals surface area contributed by atoms with Gasteiger partial charge in [-0.1, -0.05) is 0 Å². The van der Waals surface area contributed by atoms with Crippen molar-refractivity contribution in [2.24, 2.45) is 5.73 Å². The lowest BCUT2D eigenvalue weighted by atomic mass is 10.0. The van der Waals surface area contributed by atoms with Crippen LogP contribution in [0.2, 0.25) is 0 Å². The lowest BCUT2D eigenvalue weighted by Gasteiger charge is -2.32. The molecule has 140 valence electrons. The van der Waals surface area contributed by atoms with Crippen molar-refractivity contribution in [2.45, 2.75) is 31.8 Å². The first-order valence-electron chi connectivity index (χ1n) is 8.03. The van der Waals surface area contributed by atoms with Crippen molar-refractivity contribution >= 4 is 24.2 Å². The second-order valence-corrected chi connectivity index (χ2v) is 5.93. The molecule has 1 aliphatic heterocycles. The van der Waals surface area contributed by atoms with E-state index in [4.69, 9.17) is 15.2 Å². The number of benzene rings is 1. The molecular formula is C17H26ClN3O4. The normalized spacial score (nSPS) is 15.8. The van der Waals surface area contributed by atoms with Gasteiger partial charge in [-0.15, -0.1) is 12.4 Å². The van der Waals surface area contributed by atoms with Crippen molar-refractivity contribution in [2.75, 3.05) is 27.3 Å². The van der Waals surface area contributed by atoms with Crippen molar-refractivity contribution in [3.8, 4) is 11.5 Å². The first kappa shape index (κ1) is 21.1. The van der Waals surface area contributed by atoms with Gasteiger partial charge in [-0.2, -0.15) is 0 Å². The maximum absolute atomic E-state index is 12.6. The second kappa shape index (κ2) is 9.48. The van der Waals surface area contributed by atoms with E-state index in [1.54, 1.807) is 44.2 Å². The molecule has 8 heteroatoms. The van der Waals surface area contributed by atoms with Crippen molar-refractivity contribution in [3.63, 3.8) is 0 Å². The third-order valence-electron chi connectivity index (χ3n) is 4.17. The maximum Gasteiger partial charge on any atom is 0.253 e. The molecule has 2 rings (SSSR count). The summed E-state index contributed by atoms with van der Waals surface area (Å²) in [7, 11) is 3.10. The van der Waals surface area contributed by atoms with E-state index in [1.807, 2.05) is 0 Å².